The molecule has 5 nitrogen and oxygen atoms in total. The van der Waals surface area contributed by atoms with Gasteiger partial charge in [0.25, 0.3) is 0 Å². The van der Waals surface area contributed by atoms with Crippen molar-refractivity contribution >= 4 is 23.4 Å². The first-order chi connectivity index (χ1) is 15.1. The molecule has 4 fully saturated rings. The van der Waals surface area contributed by atoms with E-state index >= 15 is 0 Å². The van der Waals surface area contributed by atoms with Crippen LogP contribution in [0.5, 0.6) is 0 Å². The molecule has 0 aromatic heterocycles. The van der Waals surface area contributed by atoms with Crippen LogP contribution in [0.15, 0.2) is 24.3 Å². The van der Waals surface area contributed by atoms with Crippen LogP contribution in [-0.4, -0.2) is 60.5 Å². The summed E-state index contributed by atoms with van der Waals surface area (Å²) in [5.74, 6) is 1.13. The minimum atomic E-state index is -0.373. The molecule has 0 bridgehead atoms. The van der Waals surface area contributed by atoms with Crippen LogP contribution < -0.4 is 0 Å². The average molecular weight is 445 g/mol. The van der Waals surface area contributed by atoms with E-state index in [1.54, 1.807) is 0 Å². The highest BCUT2D eigenvalue weighted by Gasteiger charge is 2.51. The van der Waals surface area contributed by atoms with E-state index in [1.165, 1.54) is 0 Å². The molecule has 0 radical (unpaired) electrons. The molecule has 0 unspecified atom stereocenters. The first kappa shape index (κ1) is 21.3. The zero-order chi connectivity index (χ0) is 21.4. The van der Waals surface area contributed by atoms with Crippen LogP contribution in [0.4, 0.5) is 0 Å². The number of likely N-dealkylation sites (tertiary alicyclic amines) is 2. The summed E-state index contributed by atoms with van der Waals surface area (Å²) in [5.41, 5.74) is 0.740. The van der Waals surface area contributed by atoms with Gasteiger partial charge in [-0.05, 0) is 68.6 Å². The molecule has 1 saturated carbocycles. The Labute approximate surface area is 190 Å². The molecule has 3 saturated heterocycles. The minimum Gasteiger partial charge on any atom is -0.381 e. The van der Waals surface area contributed by atoms with Gasteiger partial charge in [-0.2, -0.15) is 0 Å². The molecule has 3 heterocycles. The number of nitrogens with zero attached hydrogens (tertiary/aromatic N) is 2. The molecule has 2 atom stereocenters. The number of halogens is 1. The van der Waals surface area contributed by atoms with Crippen molar-refractivity contribution in [2.75, 3.05) is 32.8 Å². The number of ether oxygens (including phenoxy) is 1. The quantitative estimate of drug-likeness (QED) is 0.707. The maximum Gasteiger partial charge on any atom is 0.233 e. The van der Waals surface area contributed by atoms with Crippen LogP contribution in [-0.2, 0) is 19.7 Å². The number of amides is 2. The second-order valence-electron chi connectivity index (χ2n) is 9.87. The van der Waals surface area contributed by atoms with Gasteiger partial charge in [-0.25, -0.2) is 0 Å². The molecule has 168 valence electrons. The molecule has 0 N–H and O–H groups in total. The van der Waals surface area contributed by atoms with Crippen LogP contribution >= 0.6 is 11.6 Å². The van der Waals surface area contributed by atoms with Crippen LogP contribution in [0.3, 0.4) is 0 Å². The number of carbonyl (C=O) groups excluding carboxylic acids is 2. The van der Waals surface area contributed by atoms with Gasteiger partial charge >= 0.3 is 0 Å². The van der Waals surface area contributed by atoms with Crippen molar-refractivity contribution in [1.29, 1.82) is 0 Å². The van der Waals surface area contributed by atoms with Gasteiger partial charge in [-0.3, -0.25) is 9.59 Å². The summed E-state index contributed by atoms with van der Waals surface area (Å²) in [5, 5.41) is 0.713. The molecule has 3 aliphatic heterocycles. The predicted octanol–water partition coefficient (Wildman–Crippen LogP) is 4.03. The standard InChI is InChI=1S/C25H33ClN2O3/c26-21-6-4-20(5-7-21)25(11-2-12-25)24(30)28-13-1-3-19-17-27(14-8-22(19)28)23(29)18-9-15-31-16-10-18/h4-7,18-19,22H,1-3,8-17H2/t19-,22+/m1/s1. The highest BCUT2D eigenvalue weighted by molar-refractivity contribution is 6.30. The Morgan fingerprint density at radius 2 is 1.71 bits per heavy atom. The van der Waals surface area contributed by atoms with E-state index in [9.17, 15) is 9.59 Å². The second-order valence-corrected chi connectivity index (χ2v) is 10.3. The van der Waals surface area contributed by atoms with Gasteiger partial charge in [0.2, 0.25) is 11.8 Å². The summed E-state index contributed by atoms with van der Waals surface area (Å²) in [6.07, 6.45) is 7.69. The van der Waals surface area contributed by atoms with Gasteiger partial charge in [0.1, 0.15) is 0 Å². The number of hydrogen-bond donors (Lipinski definition) is 0. The first-order valence-electron chi connectivity index (χ1n) is 12.0. The average Bonchev–Trinajstić information content (AvgIpc) is 2.78. The largest absolute Gasteiger partial charge is 0.381 e. The van der Waals surface area contributed by atoms with Gasteiger partial charge in [-0.1, -0.05) is 30.2 Å². The Hall–Kier alpha value is -1.59. The Balaban J connectivity index is 1.30. The molecule has 6 heteroatoms. The fraction of sp³-hybridized carbons (Fsp3) is 0.680. The van der Waals surface area contributed by atoms with Crippen molar-refractivity contribution in [1.82, 2.24) is 9.80 Å². The summed E-state index contributed by atoms with van der Waals surface area (Å²) in [4.78, 5) is 31.2. The lowest BCUT2D eigenvalue weighted by molar-refractivity contribution is -0.151. The molecule has 5 rings (SSSR count). The van der Waals surface area contributed by atoms with E-state index in [2.05, 4.69) is 9.80 Å². The van der Waals surface area contributed by atoms with Crippen LogP contribution in [0.2, 0.25) is 5.02 Å². The molecular formula is C25H33ClN2O3. The topological polar surface area (TPSA) is 49.9 Å². The summed E-state index contributed by atoms with van der Waals surface area (Å²) in [6, 6.07) is 8.16. The first-order valence-corrected chi connectivity index (χ1v) is 12.4. The van der Waals surface area contributed by atoms with Crippen molar-refractivity contribution in [3.8, 4) is 0 Å². The molecule has 0 spiro atoms. The minimum absolute atomic E-state index is 0.120. The Morgan fingerprint density at radius 3 is 2.39 bits per heavy atom. The number of benzene rings is 1. The lowest BCUT2D eigenvalue weighted by atomic mass is 9.63. The lowest BCUT2D eigenvalue weighted by Crippen LogP contribution is -2.61. The maximum atomic E-state index is 13.9. The molecule has 2 amide bonds. The Kier molecular flexibility index (Phi) is 6.00. The van der Waals surface area contributed by atoms with Crippen molar-refractivity contribution in [2.24, 2.45) is 11.8 Å². The molecule has 31 heavy (non-hydrogen) atoms. The third-order valence-electron chi connectivity index (χ3n) is 8.22. The molecule has 1 aromatic rings. The SMILES string of the molecule is O=C(C1CCOCC1)N1CC[C@H]2[C@H](CCCN2C(=O)C2(c3ccc(Cl)cc3)CCC2)C1. The highest BCUT2D eigenvalue weighted by Crippen LogP contribution is 2.47. The van der Waals surface area contributed by atoms with Gasteiger partial charge in [0.05, 0.1) is 5.41 Å². The van der Waals surface area contributed by atoms with Crippen molar-refractivity contribution < 1.29 is 14.3 Å². The van der Waals surface area contributed by atoms with Crippen molar-refractivity contribution in [3.63, 3.8) is 0 Å². The third kappa shape index (κ3) is 3.89. The van der Waals surface area contributed by atoms with Crippen LogP contribution in [0.1, 0.15) is 56.9 Å². The fourth-order valence-electron chi connectivity index (χ4n) is 6.26. The van der Waals surface area contributed by atoms with Crippen molar-refractivity contribution in [3.05, 3.63) is 34.9 Å². The number of rotatable bonds is 3. The molecular weight excluding hydrogens is 412 g/mol. The van der Waals surface area contributed by atoms with E-state index in [0.717, 1.165) is 76.6 Å². The van der Waals surface area contributed by atoms with E-state index in [1.807, 2.05) is 24.3 Å². The van der Waals surface area contributed by atoms with Gasteiger partial charge in [0, 0.05) is 49.8 Å². The number of piperidine rings is 2. The van der Waals surface area contributed by atoms with Gasteiger partial charge < -0.3 is 14.5 Å². The summed E-state index contributed by atoms with van der Waals surface area (Å²) < 4.78 is 5.43. The summed E-state index contributed by atoms with van der Waals surface area (Å²) in [6.45, 7) is 3.83. The van der Waals surface area contributed by atoms with E-state index in [0.29, 0.717) is 36.0 Å². The second kappa shape index (κ2) is 8.74. The highest BCUT2D eigenvalue weighted by atomic mass is 35.5. The Bertz CT molecular complexity index is 817. The van der Waals surface area contributed by atoms with Gasteiger partial charge in [-0.15, -0.1) is 0 Å². The summed E-state index contributed by atoms with van der Waals surface area (Å²) >= 11 is 6.10. The fourth-order valence-corrected chi connectivity index (χ4v) is 6.38. The normalized spacial score (nSPS) is 28.5. The Morgan fingerprint density at radius 1 is 0.968 bits per heavy atom. The molecule has 4 aliphatic rings. The summed E-state index contributed by atoms with van der Waals surface area (Å²) in [7, 11) is 0. The smallest absolute Gasteiger partial charge is 0.233 e. The molecule has 1 aromatic carbocycles. The maximum absolute atomic E-state index is 13.9. The van der Waals surface area contributed by atoms with Crippen molar-refractivity contribution in [2.45, 2.75) is 62.8 Å². The monoisotopic (exact) mass is 444 g/mol. The zero-order valence-corrected chi connectivity index (χ0v) is 19.0. The van der Waals surface area contributed by atoms with Crippen LogP contribution in [0.25, 0.3) is 0 Å². The number of carbonyl (C=O) groups is 2. The number of fused-ring (bicyclic) bond motifs is 1. The predicted molar refractivity (Wildman–Crippen MR) is 120 cm³/mol. The van der Waals surface area contributed by atoms with E-state index < -0.39 is 0 Å². The van der Waals surface area contributed by atoms with Gasteiger partial charge in [0.15, 0.2) is 0 Å². The van der Waals surface area contributed by atoms with E-state index in [4.69, 9.17) is 16.3 Å². The number of hydrogen-bond acceptors (Lipinski definition) is 3. The van der Waals surface area contributed by atoms with E-state index in [-0.39, 0.29) is 17.4 Å². The lowest BCUT2D eigenvalue weighted by Gasteiger charge is -2.52. The molecule has 1 aliphatic carbocycles. The third-order valence-corrected chi connectivity index (χ3v) is 8.48. The zero-order valence-electron chi connectivity index (χ0n) is 18.2. The van der Waals surface area contributed by atoms with Crippen LogP contribution in [0, 0.1) is 11.8 Å².